The van der Waals surface area contributed by atoms with E-state index in [1.54, 1.807) is 7.11 Å². The molecule has 3 heteroatoms. The smallest absolute Gasteiger partial charge is 0.0589 e. The Labute approximate surface area is 68.0 Å². The fourth-order valence-corrected chi connectivity index (χ4v) is 1.21. The number of hydrogen-bond donors (Lipinski definition) is 1. The van der Waals surface area contributed by atoms with Gasteiger partial charge >= 0.3 is 0 Å². The molecule has 1 rings (SSSR count). The molecule has 0 unspecified atom stereocenters. The first kappa shape index (κ1) is 8.56. The summed E-state index contributed by atoms with van der Waals surface area (Å²) in [6, 6.07) is 0. The van der Waals surface area contributed by atoms with Crippen molar-refractivity contribution in [2.24, 2.45) is 0 Å². The van der Waals surface area contributed by atoms with Crippen molar-refractivity contribution >= 4 is 0 Å². The summed E-state index contributed by atoms with van der Waals surface area (Å²) in [6.07, 6.45) is 0. The average Bonchev–Trinajstić information content (AvgIpc) is 2.01. The molecule has 1 heterocycles. The van der Waals surface area contributed by atoms with Crippen LogP contribution >= 0.6 is 0 Å². The van der Waals surface area contributed by atoms with Crippen LogP contribution in [0.5, 0.6) is 0 Å². The van der Waals surface area contributed by atoms with Crippen LogP contribution in [-0.4, -0.2) is 44.8 Å². The van der Waals surface area contributed by atoms with Crippen LogP contribution in [0, 0.1) is 0 Å². The lowest BCUT2D eigenvalue weighted by molar-refractivity contribution is 0.147. The molecule has 64 valence electrons. The number of ether oxygens (including phenoxy) is 1. The van der Waals surface area contributed by atoms with Crippen LogP contribution in [0.4, 0.5) is 0 Å². The Hall–Kier alpha value is -0.540. The third kappa shape index (κ3) is 2.91. The van der Waals surface area contributed by atoms with Gasteiger partial charge < -0.3 is 10.1 Å². The Morgan fingerprint density at radius 1 is 1.73 bits per heavy atom. The van der Waals surface area contributed by atoms with Crippen molar-refractivity contribution in [3.05, 3.63) is 12.3 Å². The summed E-state index contributed by atoms with van der Waals surface area (Å²) in [6.45, 7) is 8.78. The zero-order valence-corrected chi connectivity index (χ0v) is 7.10. The maximum absolute atomic E-state index is 4.99. The molecule has 0 bridgehead atoms. The predicted molar refractivity (Wildman–Crippen MR) is 45.5 cm³/mol. The van der Waals surface area contributed by atoms with Crippen LogP contribution in [-0.2, 0) is 4.74 Å². The molecule has 3 nitrogen and oxygen atoms in total. The summed E-state index contributed by atoms with van der Waals surface area (Å²) in [5.74, 6) is 0. The van der Waals surface area contributed by atoms with Gasteiger partial charge in [-0.3, -0.25) is 4.90 Å². The molecule has 0 atom stereocenters. The highest BCUT2D eigenvalue weighted by Crippen LogP contribution is 1.98. The summed E-state index contributed by atoms with van der Waals surface area (Å²) < 4.78 is 4.99. The van der Waals surface area contributed by atoms with Crippen LogP contribution in [0.2, 0.25) is 0 Å². The van der Waals surface area contributed by atoms with Gasteiger partial charge in [0.15, 0.2) is 0 Å². The second-order valence-corrected chi connectivity index (χ2v) is 2.80. The van der Waals surface area contributed by atoms with Crippen LogP contribution < -0.4 is 5.32 Å². The summed E-state index contributed by atoms with van der Waals surface area (Å²) >= 11 is 0. The van der Waals surface area contributed by atoms with Crippen molar-refractivity contribution in [3.63, 3.8) is 0 Å². The SMILES string of the molecule is C=C1CN(CCOC)CCN1. The molecular formula is C8H16N2O. The Morgan fingerprint density at radius 2 is 2.55 bits per heavy atom. The van der Waals surface area contributed by atoms with Crippen molar-refractivity contribution in [2.45, 2.75) is 0 Å². The van der Waals surface area contributed by atoms with Gasteiger partial charge in [0.1, 0.15) is 0 Å². The molecule has 0 radical (unpaired) electrons. The first-order chi connectivity index (χ1) is 5.33. The summed E-state index contributed by atoms with van der Waals surface area (Å²) in [4.78, 5) is 2.34. The lowest BCUT2D eigenvalue weighted by atomic mass is 10.3. The highest BCUT2D eigenvalue weighted by molar-refractivity contribution is 4.97. The number of nitrogens with one attached hydrogen (secondary N) is 1. The summed E-state index contributed by atoms with van der Waals surface area (Å²) in [5, 5.41) is 3.21. The number of methoxy groups -OCH3 is 1. The van der Waals surface area contributed by atoms with Crippen molar-refractivity contribution in [3.8, 4) is 0 Å². The standard InChI is InChI=1S/C8H16N2O/c1-8-7-10(4-3-9-8)5-6-11-2/h9H,1,3-7H2,2H3. The molecule has 0 aliphatic carbocycles. The molecule has 1 aliphatic rings. The molecule has 0 aromatic heterocycles. The molecule has 11 heavy (non-hydrogen) atoms. The molecule has 0 amide bonds. The predicted octanol–water partition coefficient (Wildman–Crippen LogP) is 0.0517. The zero-order chi connectivity index (χ0) is 8.10. The molecule has 1 fully saturated rings. The lowest BCUT2D eigenvalue weighted by Crippen LogP contribution is -2.42. The minimum Gasteiger partial charge on any atom is -0.386 e. The highest BCUT2D eigenvalue weighted by Gasteiger charge is 2.10. The molecule has 1 aliphatic heterocycles. The molecule has 0 spiro atoms. The first-order valence-corrected chi connectivity index (χ1v) is 3.96. The van der Waals surface area contributed by atoms with E-state index in [4.69, 9.17) is 4.74 Å². The Bertz CT molecular complexity index is 136. The number of nitrogens with zero attached hydrogens (tertiary/aromatic N) is 1. The molecule has 1 saturated heterocycles. The van der Waals surface area contributed by atoms with E-state index >= 15 is 0 Å². The quantitative estimate of drug-likeness (QED) is 0.625. The summed E-state index contributed by atoms with van der Waals surface area (Å²) in [7, 11) is 1.73. The largest absolute Gasteiger partial charge is 0.386 e. The minimum absolute atomic E-state index is 0.813. The van der Waals surface area contributed by atoms with E-state index in [1.165, 1.54) is 0 Å². The van der Waals surface area contributed by atoms with Crippen LogP contribution in [0.15, 0.2) is 12.3 Å². The number of piperazine rings is 1. The number of hydrogen-bond acceptors (Lipinski definition) is 3. The Morgan fingerprint density at radius 3 is 3.18 bits per heavy atom. The van der Waals surface area contributed by atoms with Gasteiger partial charge in [0.05, 0.1) is 6.61 Å². The lowest BCUT2D eigenvalue weighted by Gasteiger charge is -2.28. The molecular weight excluding hydrogens is 140 g/mol. The monoisotopic (exact) mass is 156 g/mol. The molecule has 0 aromatic rings. The topological polar surface area (TPSA) is 24.5 Å². The van der Waals surface area contributed by atoms with Crippen molar-refractivity contribution in [2.75, 3.05) is 39.9 Å². The van der Waals surface area contributed by atoms with Crippen molar-refractivity contribution in [1.82, 2.24) is 10.2 Å². The zero-order valence-electron chi connectivity index (χ0n) is 7.10. The third-order valence-electron chi connectivity index (χ3n) is 1.83. The minimum atomic E-state index is 0.813. The van der Waals surface area contributed by atoms with Crippen LogP contribution in [0.25, 0.3) is 0 Å². The van der Waals surface area contributed by atoms with E-state index in [9.17, 15) is 0 Å². The van der Waals surface area contributed by atoms with Gasteiger partial charge in [-0.15, -0.1) is 0 Å². The second kappa shape index (κ2) is 4.36. The van der Waals surface area contributed by atoms with Gasteiger partial charge in [-0.05, 0) is 0 Å². The van der Waals surface area contributed by atoms with Gasteiger partial charge in [0.2, 0.25) is 0 Å². The molecule has 1 N–H and O–H groups in total. The molecule has 0 aromatic carbocycles. The maximum Gasteiger partial charge on any atom is 0.0589 e. The van der Waals surface area contributed by atoms with Gasteiger partial charge in [-0.25, -0.2) is 0 Å². The fourth-order valence-electron chi connectivity index (χ4n) is 1.21. The highest BCUT2D eigenvalue weighted by atomic mass is 16.5. The van der Waals surface area contributed by atoms with Gasteiger partial charge in [-0.2, -0.15) is 0 Å². The Kier molecular flexibility index (Phi) is 3.39. The van der Waals surface area contributed by atoms with E-state index in [-0.39, 0.29) is 0 Å². The Balaban J connectivity index is 2.17. The van der Waals surface area contributed by atoms with Crippen LogP contribution in [0.3, 0.4) is 0 Å². The van der Waals surface area contributed by atoms with Gasteiger partial charge in [-0.1, -0.05) is 6.58 Å². The normalized spacial score (nSPS) is 19.9. The first-order valence-electron chi connectivity index (χ1n) is 3.96. The van der Waals surface area contributed by atoms with E-state index in [1.807, 2.05) is 0 Å². The van der Waals surface area contributed by atoms with E-state index in [0.717, 1.165) is 38.5 Å². The van der Waals surface area contributed by atoms with E-state index in [2.05, 4.69) is 16.8 Å². The summed E-state index contributed by atoms with van der Waals surface area (Å²) in [5.41, 5.74) is 1.12. The van der Waals surface area contributed by atoms with Gasteiger partial charge in [0, 0.05) is 39.0 Å². The molecule has 0 saturated carbocycles. The number of rotatable bonds is 3. The second-order valence-electron chi connectivity index (χ2n) is 2.80. The van der Waals surface area contributed by atoms with Crippen molar-refractivity contribution < 1.29 is 4.74 Å². The maximum atomic E-state index is 4.99. The fraction of sp³-hybridized carbons (Fsp3) is 0.750. The average molecular weight is 156 g/mol. The van der Waals surface area contributed by atoms with E-state index in [0.29, 0.717) is 0 Å². The van der Waals surface area contributed by atoms with E-state index < -0.39 is 0 Å². The van der Waals surface area contributed by atoms with Gasteiger partial charge in [0.25, 0.3) is 0 Å². The van der Waals surface area contributed by atoms with Crippen LogP contribution in [0.1, 0.15) is 0 Å². The van der Waals surface area contributed by atoms with Crippen molar-refractivity contribution in [1.29, 1.82) is 0 Å². The third-order valence-corrected chi connectivity index (χ3v) is 1.83.